The van der Waals surface area contributed by atoms with Crippen LogP contribution >= 0.6 is 0 Å². The lowest BCUT2D eigenvalue weighted by Crippen LogP contribution is -2.25. The Balaban J connectivity index is 2.19. The minimum atomic E-state index is -0.162. The highest BCUT2D eigenvalue weighted by molar-refractivity contribution is 5.42. The summed E-state index contributed by atoms with van der Waals surface area (Å²) in [5.74, 6) is 2.50. The molecule has 2 aromatic heterocycles. The van der Waals surface area contributed by atoms with Gasteiger partial charge in [0.25, 0.3) is 0 Å². The first-order valence-electron chi connectivity index (χ1n) is 6.98. The van der Waals surface area contributed by atoms with Crippen LogP contribution in [0.5, 0.6) is 0 Å². The molecule has 0 radical (unpaired) electrons. The third-order valence-electron chi connectivity index (χ3n) is 3.04. The number of nitrogens with two attached hydrogens (primary N) is 1. The lowest BCUT2D eigenvalue weighted by atomic mass is 10.3. The number of oxazole rings is 1. The Hall–Kier alpha value is -2.38. The van der Waals surface area contributed by atoms with E-state index in [9.17, 15) is 0 Å². The summed E-state index contributed by atoms with van der Waals surface area (Å²) < 4.78 is 5.48. The van der Waals surface area contributed by atoms with Gasteiger partial charge in [-0.1, -0.05) is 0 Å². The molecule has 0 saturated heterocycles. The summed E-state index contributed by atoms with van der Waals surface area (Å²) in [6, 6.07) is -0.162. The molecule has 0 aromatic carbocycles. The summed E-state index contributed by atoms with van der Waals surface area (Å²) in [7, 11) is 0. The van der Waals surface area contributed by atoms with Crippen LogP contribution in [0.2, 0.25) is 0 Å². The first kappa shape index (κ1) is 15.0. The third kappa shape index (κ3) is 3.59. The van der Waals surface area contributed by atoms with E-state index in [1.807, 2.05) is 32.6 Å². The van der Waals surface area contributed by atoms with Crippen molar-refractivity contribution >= 4 is 17.8 Å². The lowest BCUT2D eigenvalue weighted by molar-refractivity contribution is 0.453. The normalized spacial score (nSPS) is 12.2. The molecule has 0 spiro atoms. The summed E-state index contributed by atoms with van der Waals surface area (Å²) >= 11 is 0. The van der Waals surface area contributed by atoms with Gasteiger partial charge in [0.2, 0.25) is 23.7 Å². The number of aromatic nitrogens is 4. The number of hydrogen-bond donors (Lipinski definition) is 2. The van der Waals surface area contributed by atoms with Crippen molar-refractivity contribution < 1.29 is 4.42 Å². The van der Waals surface area contributed by atoms with Gasteiger partial charge in [0.15, 0.2) is 0 Å². The van der Waals surface area contributed by atoms with Crippen LogP contribution in [-0.4, -0.2) is 33.0 Å². The summed E-state index contributed by atoms with van der Waals surface area (Å²) in [5, 5.41) is 3.13. The van der Waals surface area contributed by atoms with Gasteiger partial charge in [-0.05, 0) is 27.7 Å². The first-order valence-corrected chi connectivity index (χ1v) is 6.98. The van der Waals surface area contributed by atoms with E-state index in [0.717, 1.165) is 18.8 Å². The van der Waals surface area contributed by atoms with Crippen LogP contribution in [-0.2, 0) is 0 Å². The molecular formula is C13H21N7O. The van der Waals surface area contributed by atoms with Crippen LogP contribution in [0.4, 0.5) is 17.8 Å². The predicted molar refractivity (Wildman–Crippen MR) is 81.1 cm³/mol. The van der Waals surface area contributed by atoms with Crippen LogP contribution in [0.3, 0.4) is 0 Å². The minimum absolute atomic E-state index is 0.162. The van der Waals surface area contributed by atoms with Crippen molar-refractivity contribution in [3.8, 4) is 0 Å². The van der Waals surface area contributed by atoms with Gasteiger partial charge in [-0.3, -0.25) is 0 Å². The molecule has 8 nitrogen and oxygen atoms in total. The minimum Gasteiger partial charge on any atom is -0.444 e. The summed E-state index contributed by atoms with van der Waals surface area (Å²) in [5.41, 5.74) is 5.76. The molecule has 0 bridgehead atoms. The summed E-state index contributed by atoms with van der Waals surface area (Å²) in [6.45, 7) is 9.44. The molecule has 3 N–H and O–H groups in total. The van der Waals surface area contributed by atoms with Gasteiger partial charge in [-0.2, -0.15) is 15.0 Å². The molecule has 21 heavy (non-hydrogen) atoms. The third-order valence-corrected chi connectivity index (χ3v) is 3.04. The summed E-state index contributed by atoms with van der Waals surface area (Å²) in [4.78, 5) is 18.8. The largest absolute Gasteiger partial charge is 0.444 e. The van der Waals surface area contributed by atoms with Crippen molar-refractivity contribution in [1.29, 1.82) is 0 Å². The van der Waals surface area contributed by atoms with Gasteiger partial charge in [0, 0.05) is 13.1 Å². The summed E-state index contributed by atoms with van der Waals surface area (Å²) in [6.07, 6.45) is 1.68. The smallest absolute Gasteiger partial charge is 0.231 e. The zero-order valence-corrected chi connectivity index (χ0v) is 12.8. The lowest BCUT2D eigenvalue weighted by Gasteiger charge is -2.19. The Kier molecular flexibility index (Phi) is 4.56. The van der Waals surface area contributed by atoms with Gasteiger partial charge in [-0.15, -0.1) is 0 Å². The highest BCUT2D eigenvalue weighted by atomic mass is 16.4. The van der Waals surface area contributed by atoms with Crippen molar-refractivity contribution in [3.05, 3.63) is 17.8 Å². The first-order chi connectivity index (χ1) is 10.0. The highest BCUT2D eigenvalue weighted by Gasteiger charge is 2.15. The van der Waals surface area contributed by atoms with Gasteiger partial charge in [-0.25, -0.2) is 4.98 Å². The second-order valence-electron chi connectivity index (χ2n) is 4.66. The van der Waals surface area contributed by atoms with E-state index in [4.69, 9.17) is 10.2 Å². The molecule has 0 aliphatic carbocycles. The van der Waals surface area contributed by atoms with E-state index >= 15 is 0 Å². The zero-order chi connectivity index (χ0) is 15.4. The molecule has 114 valence electrons. The van der Waals surface area contributed by atoms with Crippen LogP contribution in [0.25, 0.3) is 0 Å². The predicted octanol–water partition coefficient (Wildman–Crippen LogP) is 1.77. The van der Waals surface area contributed by atoms with Crippen LogP contribution in [0, 0.1) is 6.92 Å². The van der Waals surface area contributed by atoms with Crippen molar-refractivity contribution in [3.63, 3.8) is 0 Å². The number of anilines is 3. The van der Waals surface area contributed by atoms with E-state index < -0.39 is 0 Å². The molecule has 0 aliphatic heterocycles. The van der Waals surface area contributed by atoms with E-state index in [1.165, 1.54) is 0 Å². The molecular weight excluding hydrogens is 270 g/mol. The molecule has 1 atom stereocenters. The number of nitrogens with one attached hydrogen (secondary N) is 1. The van der Waals surface area contributed by atoms with Gasteiger partial charge >= 0.3 is 0 Å². The maximum absolute atomic E-state index is 5.76. The van der Waals surface area contributed by atoms with Gasteiger partial charge < -0.3 is 20.4 Å². The van der Waals surface area contributed by atoms with Crippen molar-refractivity contribution in [1.82, 2.24) is 19.9 Å². The molecule has 1 unspecified atom stereocenters. The molecule has 2 rings (SSSR count). The average molecular weight is 291 g/mol. The fraction of sp³-hybridized carbons (Fsp3) is 0.538. The maximum Gasteiger partial charge on any atom is 0.231 e. The van der Waals surface area contributed by atoms with Crippen LogP contribution in [0.15, 0.2) is 10.6 Å². The fourth-order valence-corrected chi connectivity index (χ4v) is 1.92. The van der Waals surface area contributed by atoms with E-state index in [1.54, 1.807) is 6.20 Å². The van der Waals surface area contributed by atoms with Crippen molar-refractivity contribution in [2.45, 2.75) is 33.7 Å². The second kappa shape index (κ2) is 6.38. The highest BCUT2D eigenvalue weighted by Crippen LogP contribution is 2.18. The number of nitrogens with zero attached hydrogens (tertiary/aromatic N) is 5. The standard InChI is InChI=1S/C13H21N7O/c1-5-20(6-2)13-18-11(14)17-12(19-13)16-9(4)10-15-7-8(3)21-10/h7,9H,5-6H2,1-4H3,(H3,14,16,17,18,19). The SMILES string of the molecule is CCN(CC)c1nc(N)nc(NC(C)c2ncc(C)o2)n1. The Morgan fingerprint density at radius 1 is 1.29 bits per heavy atom. The molecule has 0 saturated carbocycles. The molecule has 2 heterocycles. The maximum atomic E-state index is 5.76. The molecule has 0 fully saturated rings. The quantitative estimate of drug-likeness (QED) is 0.829. The topological polar surface area (TPSA) is 106 Å². The molecule has 2 aromatic rings. The molecule has 0 amide bonds. The van der Waals surface area contributed by atoms with Crippen LogP contribution < -0.4 is 16.0 Å². The van der Waals surface area contributed by atoms with Crippen LogP contribution in [0.1, 0.15) is 38.5 Å². The Labute approximate surface area is 123 Å². The Morgan fingerprint density at radius 2 is 2.00 bits per heavy atom. The van der Waals surface area contributed by atoms with Crippen molar-refractivity contribution in [2.75, 3.05) is 29.0 Å². The average Bonchev–Trinajstić information content (AvgIpc) is 2.86. The number of aryl methyl sites for hydroxylation is 1. The van der Waals surface area contributed by atoms with Gasteiger partial charge in [0.05, 0.1) is 6.20 Å². The van der Waals surface area contributed by atoms with Crippen molar-refractivity contribution in [2.24, 2.45) is 0 Å². The van der Waals surface area contributed by atoms with E-state index in [0.29, 0.717) is 17.8 Å². The zero-order valence-electron chi connectivity index (χ0n) is 12.8. The fourth-order valence-electron chi connectivity index (χ4n) is 1.92. The monoisotopic (exact) mass is 291 g/mol. The number of hydrogen-bond acceptors (Lipinski definition) is 8. The van der Waals surface area contributed by atoms with Gasteiger partial charge in [0.1, 0.15) is 11.8 Å². The molecule has 8 heteroatoms. The number of rotatable bonds is 6. The number of nitrogen functional groups attached to an aromatic ring is 1. The second-order valence-corrected chi connectivity index (χ2v) is 4.66. The Morgan fingerprint density at radius 3 is 2.57 bits per heavy atom. The van der Waals surface area contributed by atoms with E-state index in [2.05, 4.69) is 25.3 Å². The molecule has 0 aliphatic rings. The Bertz CT molecular complexity index is 594. The van der Waals surface area contributed by atoms with E-state index in [-0.39, 0.29) is 12.0 Å².